The van der Waals surface area contributed by atoms with Crippen LogP contribution in [0.1, 0.15) is 18.1 Å². The highest BCUT2D eigenvalue weighted by Crippen LogP contribution is 2.18. The molecule has 0 radical (unpaired) electrons. The molecule has 0 heterocycles. The van der Waals surface area contributed by atoms with Crippen LogP contribution in [0.2, 0.25) is 0 Å². The predicted molar refractivity (Wildman–Crippen MR) is 120 cm³/mol. The maximum atomic E-state index is 5.94. The summed E-state index contributed by atoms with van der Waals surface area (Å²) in [4.78, 5) is 6.84. The third-order valence-corrected chi connectivity index (χ3v) is 4.39. The van der Waals surface area contributed by atoms with Crippen molar-refractivity contribution in [2.24, 2.45) is 4.99 Å². The summed E-state index contributed by atoms with van der Waals surface area (Å²) in [6.45, 7) is 5.80. The van der Waals surface area contributed by atoms with Gasteiger partial charge in [0.2, 0.25) is 0 Å². The zero-order valence-corrected chi connectivity index (χ0v) is 18.1. The monoisotopic (exact) mass is 398 g/mol. The Balaban J connectivity index is 1.90. The Kier molecular flexibility index (Phi) is 9.86. The van der Waals surface area contributed by atoms with Crippen molar-refractivity contribution in [1.82, 2.24) is 15.5 Å². The van der Waals surface area contributed by atoms with Crippen molar-refractivity contribution in [2.75, 3.05) is 47.4 Å². The summed E-state index contributed by atoms with van der Waals surface area (Å²) in [5.41, 5.74) is 2.34. The zero-order valence-electron chi connectivity index (χ0n) is 18.1. The van der Waals surface area contributed by atoms with Crippen molar-refractivity contribution in [2.45, 2.75) is 19.9 Å². The van der Waals surface area contributed by atoms with Gasteiger partial charge in [-0.05, 0) is 51.2 Å². The van der Waals surface area contributed by atoms with E-state index in [-0.39, 0.29) is 0 Å². The van der Waals surface area contributed by atoms with Crippen LogP contribution < -0.4 is 20.1 Å². The second-order valence-electron chi connectivity index (χ2n) is 6.98. The molecule has 158 valence electrons. The van der Waals surface area contributed by atoms with Gasteiger partial charge in [0.15, 0.2) is 5.96 Å². The minimum atomic E-state index is 0.565. The molecular weight excluding hydrogens is 364 g/mol. The van der Waals surface area contributed by atoms with E-state index in [2.05, 4.69) is 40.7 Å². The van der Waals surface area contributed by atoms with Crippen LogP contribution in [0.15, 0.2) is 53.5 Å². The average molecular weight is 399 g/mol. The first-order chi connectivity index (χ1) is 14.1. The van der Waals surface area contributed by atoms with Crippen molar-refractivity contribution >= 4 is 5.96 Å². The van der Waals surface area contributed by atoms with Crippen LogP contribution in [0, 0.1) is 0 Å². The maximum Gasteiger partial charge on any atom is 0.191 e. The standard InChI is InChI=1S/C23H34N4O2/c1-5-24-23(25-15-14-19-10-12-21(28-4)13-11-19)26-18-20-8-6-7-9-22(20)29-17-16-27(2)3/h6-13H,5,14-18H2,1-4H3,(H2,24,25,26). The molecule has 0 spiro atoms. The quantitative estimate of drug-likeness (QED) is 0.450. The summed E-state index contributed by atoms with van der Waals surface area (Å²) in [5.74, 6) is 2.58. The number of para-hydroxylation sites is 1. The van der Waals surface area contributed by atoms with Crippen molar-refractivity contribution < 1.29 is 9.47 Å². The van der Waals surface area contributed by atoms with E-state index in [9.17, 15) is 0 Å². The van der Waals surface area contributed by atoms with Crippen LogP contribution in [-0.2, 0) is 13.0 Å². The largest absolute Gasteiger partial charge is 0.497 e. The van der Waals surface area contributed by atoms with E-state index in [1.807, 2.05) is 44.4 Å². The van der Waals surface area contributed by atoms with Crippen LogP contribution in [0.5, 0.6) is 11.5 Å². The van der Waals surface area contributed by atoms with Gasteiger partial charge in [-0.3, -0.25) is 0 Å². The third-order valence-electron chi connectivity index (χ3n) is 4.39. The topological polar surface area (TPSA) is 58.1 Å². The van der Waals surface area contributed by atoms with E-state index in [0.29, 0.717) is 13.2 Å². The number of aliphatic imine (C=N–C) groups is 1. The lowest BCUT2D eigenvalue weighted by atomic mass is 10.1. The van der Waals surface area contributed by atoms with Gasteiger partial charge in [0.05, 0.1) is 13.7 Å². The molecule has 2 N–H and O–H groups in total. The second kappa shape index (κ2) is 12.7. The number of hydrogen-bond acceptors (Lipinski definition) is 4. The molecule has 0 aliphatic heterocycles. The summed E-state index contributed by atoms with van der Waals surface area (Å²) in [7, 11) is 5.76. The Hall–Kier alpha value is -2.73. The van der Waals surface area contributed by atoms with Gasteiger partial charge in [0.1, 0.15) is 18.1 Å². The molecule has 0 atom stereocenters. The van der Waals surface area contributed by atoms with Crippen LogP contribution in [0.25, 0.3) is 0 Å². The Morgan fingerprint density at radius 2 is 1.79 bits per heavy atom. The fourth-order valence-corrected chi connectivity index (χ4v) is 2.74. The van der Waals surface area contributed by atoms with Crippen molar-refractivity contribution in [1.29, 1.82) is 0 Å². The van der Waals surface area contributed by atoms with Gasteiger partial charge in [-0.1, -0.05) is 30.3 Å². The first kappa shape index (κ1) is 22.6. The molecule has 2 aromatic carbocycles. The van der Waals surface area contributed by atoms with Crippen LogP contribution >= 0.6 is 0 Å². The number of nitrogens with one attached hydrogen (secondary N) is 2. The predicted octanol–water partition coefficient (Wildman–Crippen LogP) is 2.93. The van der Waals surface area contributed by atoms with Gasteiger partial charge in [-0.2, -0.15) is 0 Å². The van der Waals surface area contributed by atoms with E-state index in [1.165, 1.54) is 5.56 Å². The number of methoxy groups -OCH3 is 1. The smallest absolute Gasteiger partial charge is 0.191 e. The van der Waals surface area contributed by atoms with Crippen molar-refractivity contribution in [3.05, 3.63) is 59.7 Å². The average Bonchev–Trinajstić information content (AvgIpc) is 2.73. The zero-order chi connectivity index (χ0) is 20.9. The lowest BCUT2D eigenvalue weighted by Crippen LogP contribution is -2.38. The Morgan fingerprint density at radius 1 is 1.03 bits per heavy atom. The SMILES string of the molecule is CCNC(=NCc1ccccc1OCCN(C)C)NCCc1ccc(OC)cc1. The molecule has 6 heteroatoms. The van der Waals surface area contributed by atoms with Gasteiger partial charge < -0.3 is 25.0 Å². The molecule has 0 amide bonds. The fourth-order valence-electron chi connectivity index (χ4n) is 2.74. The van der Waals surface area contributed by atoms with E-state index >= 15 is 0 Å². The number of benzene rings is 2. The lowest BCUT2D eigenvalue weighted by molar-refractivity contribution is 0.259. The molecule has 29 heavy (non-hydrogen) atoms. The highest BCUT2D eigenvalue weighted by molar-refractivity contribution is 5.79. The number of ether oxygens (including phenoxy) is 2. The summed E-state index contributed by atoms with van der Waals surface area (Å²) >= 11 is 0. The van der Waals surface area contributed by atoms with Gasteiger partial charge in [0, 0.05) is 25.2 Å². The Labute approximate surface area is 174 Å². The van der Waals surface area contributed by atoms with E-state index in [1.54, 1.807) is 7.11 Å². The number of rotatable bonds is 11. The minimum absolute atomic E-state index is 0.565. The van der Waals surface area contributed by atoms with Crippen LogP contribution in [0.3, 0.4) is 0 Å². The number of hydrogen-bond donors (Lipinski definition) is 2. The van der Waals surface area contributed by atoms with Gasteiger partial charge >= 0.3 is 0 Å². The maximum absolute atomic E-state index is 5.94. The summed E-state index contributed by atoms with van der Waals surface area (Å²) in [6, 6.07) is 16.2. The summed E-state index contributed by atoms with van der Waals surface area (Å²) < 4.78 is 11.1. The second-order valence-corrected chi connectivity index (χ2v) is 6.98. The number of guanidine groups is 1. The van der Waals surface area contributed by atoms with Gasteiger partial charge in [-0.25, -0.2) is 4.99 Å². The molecule has 2 rings (SSSR count). The first-order valence-corrected chi connectivity index (χ1v) is 10.1. The van der Waals surface area contributed by atoms with E-state index in [0.717, 1.165) is 49.1 Å². The Morgan fingerprint density at radius 3 is 2.48 bits per heavy atom. The summed E-state index contributed by atoms with van der Waals surface area (Å²) in [6.07, 6.45) is 0.915. The van der Waals surface area contributed by atoms with Crippen LogP contribution in [0.4, 0.5) is 0 Å². The van der Waals surface area contributed by atoms with Gasteiger partial charge in [0.25, 0.3) is 0 Å². The number of likely N-dealkylation sites (N-methyl/N-ethyl adjacent to an activating group) is 1. The molecule has 0 saturated carbocycles. The minimum Gasteiger partial charge on any atom is -0.497 e. The fraction of sp³-hybridized carbons (Fsp3) is 0.435. The van der Waals surface area contributed by atoms with Crippen molar-refractivity contribution in [3.63, 3.8) is 0 Å². The highest BCUT2D eigenvalue weighted by atomic mass is 16.5. The molecule has 0 saturated heterocycles. The highest BCUT2D eigenvalue weighted by Gasteiger charge is 2.04. The van der Waals surface area contributed by atoms with Crippen molar-refractivity contribution in [3.8, 4) is 11.5 Å². The molecule has 6 nitrogen and oxygen atoms in total. The molecule has 0 aliphatic rings. The van der Waals surface area contributed by atoms with E-state index in [4.69, 9.17) is 14.5 Å². The van der Waals surface area contributed by atoms with Crippen LogP contribution in [-0.4, -0.2) is 58.3 Å². The molecule has 0 fully saturated rings. The summed E-state index contributed by atoms with van der Waals surface area (Å²) in [5, 5.41) is 6.71. The Bertz CT molecular complexity index is 745. The van der Waals surface area contributed by atoms with E-state index < -0.39 is 0 Å². The lowest BCUT2D eigenvalue weighted by Gasteiger charge is -2.14. The molecule has 0 aromatic heterocycles. The normalized spacial score (nSPS) is 11.4. The molecular formula is C23H34N4O2. The first-order valence-electron chi connectivity index (χ1n) is 10.1. The molecule has 0 aliphatic carbocycles. The number of nitrogens with zero attached hydrogens (tertiary/aromatic N) is 2. The molecule has 0 unspecified atom stereocenters. The molecule has 2 aromatic rings. The van der Waals surface area contributed by atoms with Gasteiger partial charge in [-0.15, -0.1) is 0 Å². The molecule has 0 bridgehead atoms. The third kappa shape index (κ3) is 8.44.